The molecule has 1 atom stereocenters. The lowest BCUT2D eigenvalue weighted by Gasteiger charge is -2.10. The molecule has 0 aliphatic heterocycles. The molecule has 0 bridgehead atoms. The van der Waals surface area contributed by atoms with Crippen molar-refractivity contribution in [3.8, 4) is 0 Å². The van der Waals surface area contributed by atoms with Gasteiger partial charge in [0.2, 0.25) is 0 Å². The normalized spacial score (nSPS) is 21.7. The van der Waals surface area contributed by atoms with Gasteiger partial charge < -0.3 is 16.3 Å². The molecule has 1 rings (SSSR count). The summed E-state index contributed by atoms with van der Waals surface area (Å²) in [4.78, 5) is 0. The molecule has 0 radical (unpaired) electrons. The van der Waals surface area contributed by atoms with Gasteiger partial charge in [0, 0.05) is 0 Å². The number of oxime groups is 1. The Kier molecular flexibility index (Phi) is 2.70. The third-order valence-electron chi connectivity index (χ3n) is 1.97. The molecule has 0 spiro atoms. The van der Waals surface area contributed by atoms with Crippen molar-refractivity contribution in [3.63, 3.8) is 0 Å². The highest BCUT2D eigenvalue weighted by molar-refractivity contribution is 5.84. The van der Waals surface area contributed by atoms with Crippen molar-refractivity contribution in [2.45, 2.75) is 25.8 Å². The second-order valence-corrected chi connectivity index (χ2v) is 3.10. The van der Waals surface area contributed by atoms with Crippen molar-refractivity contribution >= 4 is 5.84 Å². The van der Waals surface area contributed by atoms with Crippen molar-refractivity contribution in [2.24, 2.45) is 16.8 Å². The maximum atomic E-state index is 8.31. The number of rotatable bonds is 4. The maximum Gasteiger partial charge on any atom is 0.156 e. The van der Waals surface area contributed by atoms with Crippen LogP contribution in [0.25, 0.3) is 0 Å². The summed E-state index contributed by atoms with van der Waals surface area (Å²) in [5, 5.41) is 14.4. The highest BCUT2D eigenvalue weighted by Crippen LogP contribution is 2.27. The molecule has 4 heteroatoms. The monoisotopic (exact) mass is 157 g/mol. The highest BCUT2D eigenvalue weighted by atomic mass is 16.4. The zero-order chi connectivity index (χ0) is 8.27. The van der Waals surface area contributed by atoms with Gasteiger partial charge in [0.05, 0.1) is 6.04 Å². The van der Waals surface area contributed by atoms with Gasteiger partial charge in [-0.1, -0.05) is 5.16 Å². The molecule has 11 heavy (non-hydrogen) atoms. The minimum Gasteiger partial charge on any atom is -0.409 e. The first-order valence-electron chi connectivity index (χ1n) is 3.95. The van der Waals surface area contributed by atoms with Crippen LogP contribution >= 0.6 is 0 Å². The molecule has 1 saturated carbocycles. The van der Waals surface area contributed by atoms with Crippen LogP contribution < -0.4 is 11.1 Å². The molecule has 4 nitrogen and oxygen atoms in total. The van der Waals surface area contributed by atoms with Crippen molar-refractivity contribution < 1.29 is 5.21 Å². The van der Waals surface area contributed by atoms with Crippen LogP contribution in [0, 0.1) is 5.92 Å². The van der Waals surface area contributed by atoms with E-state index in [1.54, 1.807) is 0 Å². The average Bonchev–Trinajstić information content (AvgIpc) is 2.81. The summed E-state index contributed by atoms with van der Waals surface area (Å²) >= 11 is 0. The molecule has 1 aliphatic rings. The number of hydrogen-bond acceptors (Lipinski definition) is 3. The zero-order valence-corrected chi connectivity index (χ0v) is 6.75. The fraction of sp³-hybridized carbons (Fsp3) is 0.857. The third-order valence-corrected chi connectivity index (χ3v) is 1.97. The third kappa shape index (κ3) is 2.76. The van der Waals surface area contributed by atoms with E-state index in [0.29, 0.717) is 0 Å². The fourth-order valence-corrected chi connectivity index (χ4v) is 0.857. The first kappa shape index (κ1) is 8.33. The molecule has 0 aromatic carbocycles. The lowest BCUT2D eigenvalue weighted by molar-refractivity contribution is 0.315. The molecule has 1 unspecified atom stereocenters. The van der Waals surface area contributed by atoms with Crippen LogP contribution in [0.1, 0.15) is 19.8 Å². The van der Waals surface area contributed by atoms with E-state index in [-0.39, 0.29) is 11.9 Å². The average molecular weight is 157 g/mol. The van der Waals surface area contributed by atoms with Crippen LogP contribution in [-0.4, -0.2) is 23.6 Å². The van der Waals surface area contributed by atoms with Crippen LogP contribution in [-0.2, 0) is 0 Å². The van der Waals surface area contributed by atoms with Crippen molar-refractivity contribution in [1.82, 2.24) is 5.32 Å². The van der Waals surface area contributed by atoms with Gasteiger partial charge in [-0.15, -0.1) is 0 Å². The summed E-state index contributed by atoms with van der Waals surface area (Å²) in [6.45, 7) is 2.87. The first-order chi connectivity index (χ1) is 5.24. The van der Waals surface area contributed by atoms with E-state index in [1.165, 1.54) is 12.8 Å². The topological polar surface area (TPSA) is 70.6 Å². The number of hydrogen-bond donors (Lipinski definition) is 3. The molecule has 0 aromatic heterocycles. The largest absolute Gasteiger partial charge is 0.409 e. The second kappa shape index (κ2) is 3.57. The number of nitrogens with zero attached hydrogens (tertiary/aromatic N) is 1. The Morgan fingerprint density at radius 1 is 1.82 bits per heavy atom. The van der Waals surface area contributed by atoms with Crippen LogP contribution in [0.3, 0.4) is 0 Å². The van der Waals surface area contributed by atoms with E-state index < -0.39 is 0 Å². The number of nitrogens with one attached hydrogen (secondary N) is 1. The van der Waals surface area contributed by atoms with E-state index in [2.05, 4.69) is 10.5 Å². The number of amidine groups is 1. The van der Waals surface area contributed by atoms with Crippen molar-refractivity contribution in [3.05, 3.63) is 0 Å². The Morgan fingerprint density at radius 3 is 2.91 bits per heavy atom. The van der Waals surface area contributed by atoms with Crippen LogP contribution in [0.4, 0.5) is 0 Å². The van der Waals surface area contributed by atoms with E-state index >= 15 is 0 Å². The first-order valence-corrected chi connectivity index (χ1v) is 3.95. The molecular formula is C7H15N3O. The lowest BCUT2D eigenvalue weighted by atomic mass is 10.3. The summed E-state index contributed by atoms with van der Waals surface area (Å²) in [7, 11) is 0. The van der Waals surface area contributed by atoms with E-state index in [9.17, 15) is 0 Å². The Labute approximate surface area is 66.5 Å². The Hall–Kier alpha value is -0.770. The van der Waals surface area contributed by atoms with Gasteiger partial charge in [0.25, 0.3) is 0 Å². The molecule has 0 saturated heterocycles. The molecule has 0 heterocycles. The van der Waals surface area contributed by atoms with Gasteiger partial charge >= 0.3 is 0 Å². The summed E-state index contributed by atoms with van der Waals surface area (Å²) < 4.78 is 0. The van der Waals surface area contributed by atoms with Gasteiger partial charge in [-0.05, 0) is 32.2 Å². The molecule has 4 N–H and O–H groups in total. The summed E-state index contributed by atoms with van der Waals surface area (Å²) in [6.07, 6.45) is 2.63. The fourth-order valence-electron chi connectivity index (χ4n) is 0.857. The van der Waals surface area contributed by atoms with Gasteiger partial charge in [-0.3, -0.25) is 0 Å². The highest BCUT2D eigenvalue weighted by Gasteiger charge is 2.21. The molecule has 64 valence electrons. The SMILES string of the molecule is CC(NCC1CC1)C(N)=NO. The quantitative estimate of drug-likeness (QED) is 0.235. The molecular weight excluding hydrogens is 142 g/mol. The summed E-state index contributed by atoms with van der Waals surface area (Å²) in [6, 6.07) is -0.0133. The Balaban J connectivity index is 2.13. The predicted octanol–water partition coefficient (Wildman–Crippen LogP) is 0.121. The van der Waals surface area contributed by atoms with Crippen molar-refractivity contribution in [2.75, 3.05) is 6.54 Å². The standard InChI is InChI=1S/C7H15N3O/c1-5(7(8)10-11)9-4-6-2-3-6/h5-6,9,11H,2-4H2,1H3,(H2,8,10). The Bertz CT molecular complexity index is 154. The zero-order valence-electron chi connectivity index (χ0n) is 6.75. The predicted molar refractivity (Wildman–Crippen MR) is 43.6 cm³/mol. The van der Waals surface area contributed by atoms with Crippen LogP contribution in [0.15, 0.2) is 5.16 Å². The van der Waals surface area contributed by atoms with Gasteiger partial charge in [0.15, 0.2) is 5.84 Å². The van der Waals surface area contributed by atoms with Crippen LogP contribution in [0.5, 0.6) is 0 Å². The molecule has 0 amide bonds. The van der Waals surface area contributed by atoms with E-state index in [0.717, 1.165) is 12.5 Å². The maximum absolute atomic E-state index is 8.31. The second-order valence-electron chi connectivity index (χ2n) is 3.10. The lowest BCUT2D eigenvalue weighted by Crippen LogP contribution is -2.39. The van der Waals surface area contributed by atoms with Gasteiger partial charge in [-0.2, -0.15) is 0 Å². The molecule has 0 aromatic rings. The minimum atomic E-state index is -0.0133. The molecule has 1 aliphatic carbocycles. The van der Waals surface area contributed by atoms with E-state index in [1.807, 2.05) is 6.92 Å². The van der Waals surface area contributed by atoms with Gasteiger partial charge in [0.1, 0.15) is 0 Å². The summed E-state index contributed by atoms with van der Waals surface area (Å²) in [5.41, 5.74) is 5.36. The van der Waals surface area contributed by atoms with E-state index in [4.69, 9.17) is 10.9 Å². The van der Waals surface area contributed by atoms with Gasteiger partial charge in [-0.25, -0.2) is 0 Å². The molecule has 1 fully saturated rings. The minimum absolute atomic E-state index is 0.0133. The summed E-state index contributed by atoms with van der Waals surface area (Å²) in [5.74, 6) is 1.08. The van der Waals surface area contributed by atoms with Crippen molar-refractivity contribution in [1.29, 1.82) is 0 Å². The number of nitrogens with two attached hydrogens (primary N) is 1. The van der Waals surface area contributed by atoms with Crippen LogP contribution in [0.2, 0.25) is 0 Å². The smallest absolute Gasteiger partial charge is 0.156 e. The Morgan fingerprint density at radius 2 is 2.45 bits per heavy atom.